The number of nitrogens with one attached hydrogen (secondary N) is 3. The molecule has 3 aromatic rings. The summed E-state index contributed by atoms with van der Waals surface area (Å²) in [4.78, 5) is 15.2. The maximum absolute atomic E-state index is 13.3. The molecule has 0 spiro atoms. The summed E-state index contributed by atoms with van der Waals surface area (Å²) in [7, 11) is 0. The van der Waals surface area contributed by atoms with E-state index in [1.807, 2.05) is 36.5 Å². The van der Waals surface area contributed by atoms with Crippen LogP contribution in [-0.4, -0.2) is 17.6 Å². The van der Waals surface area contributed by atoms with Gasteiger partial charge < -0.3 is 15.6 Å². The average Bonchev–Trinajstić information content (AvgIpc) is 3.26. The number of aromatic nitrogens is 1. The third-order valence-electron chi connectivity index (χ3n) is 4.69. The average molecular weight is 323 g/mol. The molecule has 24 heavy (non-hydrogen) atoms. The van der Waals surface area contributed by atoms with Crippen LogP contribution in [0.1, 0.15) is 18.4 Å². The Labute approximate surface area is 139 Å². The molecule has 1 saturated carbocycles. The second-order valence-corrected chi connectivity index (χ2v) is 6.35. The molecule has 0 aliphatic heterocycles. The van der Waals surface area contributed by atoms with Gasteiger partial charge in [0.1, 0.15) is 5.82 Å². The number of hydrogen-bond donors (Lipinski definition) is 3. The van der Waals surface area contributed by atoms with Crippen molar-refractivity contribution in [3.63, 3.8) is 0 Å². The van der Waals surface area contributed by atoms with Crippen LogP contribution < -0.4 is 10.6 Å². The number of halogens is 1. The summed E-state index contributed by atoms with van der Waals surface area (Å²) >= 11 is 0. The van der Waals surface area contributed by atoms with E-state index in [2.05, 4.69) is 15.6 Å². The molecule has 4 nitrogen and oxygen atoms in total. The van der Waals surface area contributed by atoms with Crippen LogP contribution in [-0.2, 0) is 5.41 Å². The molecule has 5 heteroatoms. The Morgan fingerprint density at radius 2 is 1.96 bits per heavy atom. The maximum Gasteiger partial charge on any atom is 0.319 e. The zero-order valence-electron chi connectivity index (χ0n) is 13.1. The van der Waals surface area contributed by atoms with Crippen LogP contribution in [0.2, 0.25) is 0 Å². The Balaban J connectivity index is 1.46. The monoisotopic (exact) mass is 323 g/mol. The molecule has 2 amide bonds. The summed E-state index contributed by atoms with van der Waals surface area (Å²) in [6.45, 7) is 0.565. The summed E-state index contributed by atoms with van der Waals surface area (Å²) in [5, 5.41) is 6.81. The molecule has 1 aromatic heterocycles. The fourth-order valence-electron chi connectivity index (χ4n) is 3.18. The second-order valence-electron chi connectivity index (χ2n) is 6.35. The third kappa shape index (κ3) is 2.73. The third-order valence-corrected chi connectivity index (χ3v) is 4.69. The first-order valence-corrected chi connectivity index (χ1v) is 8.03. The van der Waals surface area contributed by atoms with Gasteiger partial charge in [-0.15, -0.1) is 0 Å². The number of rotatable bonds is 4. The number of carbonyl (C=O) groups excluding carboxylic acids is 1. The topological polar surface area (TPSA) is 56.9 Å². The molecule has 1 heterocycles. The maximum atomic E-state index is 13.3. The Hall–Kier alpha value is -2.82. The van der Waals surface area contributed by atoms with Crippen LogP contribution in [0.25, 0.3) is 10.9 Å². The van der Waals surface area contributed by atoms with E-state index >= 15 is 0 Å². The van der Waals surface area contributed by atoms with E-state index in [1.54, 1.807) is 6.07 Å². The van der Waals surface area contributed by atoms with E-state index < -0.39 is 0 Å². The SMILES string of the molecule is O=C(NCC1(c2c[nH]c3cc(F)ccc23)CC1)Nc1ccccc1. The number of para-hydroxylation sites is 1. The lowest BCUT2D eigenvalue weighted by Crippen LogP contribution is -2.35. The van der Waals surface area contributed by atoms with Crippen molar-refractivity contribution in [3.05, 3.63) is 66.1 Å². The minimum Gasteiger partial charge on any atom is -0.361 e. The van der Waals surface area contributed by atoms with Gasteiger partial charge in [0.25, 0.3) is 0 Å². The zero-order chi connectivity index (χ0) is 16.6. The number of urea groups is 1. The van der Waals surface area contributed by atoms with Gasteiger partial charge in [0, 0.05) is 34.7 Å². The van der Waals surface area contributed by atoms with Crippen LogP contribution in [0, 0.1) is 5.82 Å². The second kappa shape index (κ2) is 5.67. The highest BCUT2D eigenvalue weighted by Crippen LogP contribution is 2.50. The summed E-state index contributed by atoms with van der Waals surface area (Å²) in [6.07, 6.45) is 3.97. The minimum absolute atomic E-state index is 0.0515. The lowest BCUT2D eigenvalue weighted by molar-refractivity contribution is 0.251. The Kier molecular flexibility index (Phi) is 3.49. The van der Waals surface area contributed by atoms with Crippen molar-refractivity contribution in [2.45, 2.75) is 18.3 Å². The first-order chi connectivity index (χ1) is 11.7. The van der Waals surface area contributed by atoms with Gasteiger partial charge in [-0.1, -0.05) is 18.2 Å². The molecular formula is C19H18FN3O. The van der Waals surface area contributed by atoms with Gasteiger partial charge in [0.15, 0.2) is 0 Å². The highest BCUT2D eigenvalue weighted by Gasteiger charge is 2.45. The number of amides is 2. The summed E-state index contributed by atoms with van der Waals surface area (Å²) in [5.41, 5.74) is 2.66. The quantitative estimate of drug-likeness (QED) is 0.663. The van der Waals surface area contributed by atoms with Crippen LogP contribution in [0.3, 0.4) is 0 Å². The molecular weight excluding hydrogens is 305 g/mol. The van der Waals surface area contributed by atoms with Crippen molar-refractivity contribution in [1.29, 1.82) is 0 Å². The predicted octanol–water partition coefficient (Wildman–Crippen LogP) is 4.16. The van der Waals surface area contributed by atoms with Gasteiger partial charge in [0.05, 0.1) is 0 Å². The molecule has 0 bridgehead atoms. The molecule has 0 radical (unpaired) electrons. The Morgan fingerprint density at radius 1 is 1.17 bits per heavy atom. The van der Waals surface area contributed by atoms with Gasteiger partial charge in [-0.3, -0.25) is 0 Å². The molecule has 1 fully saturated rings. The van der Waals surface area contributed by atoms with Gasteiger partial charge >= 0.3 is 6.03 Å². The van der Waals surface area contributed by atoms with Crippen LogP contribution >= 0.6 is 0 Å². The van der Waals surface area contributed by atoms with Crippen molar-refractivity contribution < 1.29 is 9.18 Å². The van der Waals surface area contributed by atoms with Crippen molar-refractivity contribution in [2.24, 2.45) is 0 Å². The standard InChI is InChI=1S/C19H18FN3O/c20-13-6-7-15-16(11-21-17(15)10-13)19(8-9-19)12-22-18(24)23-14-4-2-1-3-5-14/h1-7,10-11,21H,8-9,12H2,(H2,22,23,24). The van der Waals surface area contributed by atoms with Gasteiger partial charge in [-0.25, -0.2) is 9.18 Å². The van der Waals surface area contributed by atoms with Crippen LogP contribution in [0.15, 0.2) is 54.7 Å². The number of carbonyl (C=O) groups is 1. The van der Waals surface area contributed by atoms with E-state index in [9.17, 15) is 9.18 Å². The largest absolute Gasteiger partial charge is 0.361 e. The fraction of sp³-hybridized carbons (Fsp3) is 0.211. The molecule has 122 valence electrons. The molecule has 0 unspecified atom stereocenters. The fourth-order valence-corrected chi connectivity index (χ4v) is 3.18. The van der Waals surface area contributed by atoms with Crippen molar-refractivity contribution in [1.82, 2.24) is 10.3 Å². The number of hydrogen-bond acceptors (Lipinski definition) is 1. The minimum atomic E-state index is -0.249. The number of benzene rings is 2. The number of fused-ring (bicyclic) bond motifs is 1. The first-order valence-electron chi connectivity index (χ1n) is 8.03. The predicted molar refractivity (Wildman–Crippen MR) is 92.6 cm³/mol. The van der Waals surface area contributed by atoms with Crippen molar-refractivity contribution in [2.75, 3.05) is 11.9 Å². The van der Waals surface area contributed by atoms with Crippen molar-refractivity contribution in [3.8, 4) is 0 Å². The molecule has 4 rings (SSSR count). The molecule has 2 aromatic carbocycles. The molecule has 0 atom stereocenters. The van der Waals surface area contributed by atoms with E-state index in [0.717, 1.165) is 35.0 Å². The van der Waals surface area contributed by atoms with Crippen molar-refractivity contribution >= 4 is 22.6 Å². The van der Waals surface area contributed by atoms with E-state index in [4.69, 9.17) is 0 Å². The van der Waals surface area contributed by atoms with Gasteiger partial charge in [-0.2, -0.15) is 0 Å². The number of anilines is 1. The van der Waals surface area contributed by atoms with E-state index in [0.29, 0.717) is 6.54 Å². The Bertz CT molecular complexity index is 884. The highest BCUT2D eigenvalue weighted by molar-refractivity contribution is 5.89. The number of H-pyrrole nitrogens is 1. The molecule has 3 N–H and O–H groups in total. The van der Waals surface area contributed by atoms with Gasteiger partial charge in [-0.05, 0) is 48.7 Å². The van der Waals surface area contributed by atoms with E-state index in [-0.39, 0.29) is 17.3 Å². The Morgan fingerprint density at radius 3 is 2.71 bits per heavy atom. The van der Waals surface area contributed by atoms with E-state index in [1.165, 1.54) is 12.1 Å². The smallest absolute Gasteiger partial charge is 0.319 e. The molecule has 1 aliphatic rings. The summed E-state index contributed by atoms with van der Waals surface area (Å²) in [6, 6.07) is 13.9. The lowest BCUT2D eigenvalue weighted by Gasteiger charge is -2.16. The zero-order valence-corrected chi connectivity index (χ0v) is 13.1. The lowest BCUT2D eigenvalue weighted by atomic mass is 9.95. The highest BCUT2D eigenvalue weighted by atomic mass is 19.1. The first kappa shape index (κ1) is 14.8. The molecule has 0 saturated heterocycles. The van der Waals surface area contributed by atoms with Gasteiger partial charge in [0.2, 0.25) is 0 Å². The van der Waals surface area contributed by atoms with Crippen LogP contribution in [0.5, 0.6) is 0 Å². The van der Waals surface area contributed by atoms with Crippen LogP contribution in [0.4, 0.5) is 14.9 Å². The summed E-state index contributed by atoms with van der Waals surface area (Å²) in [5.74, 6) is -0.249. The molecule has 1 aliphatic carbocycles. The normalized spacial score (nSPS) is 15.2. The summed E-state index contributed by atoms with van der Waals surface area (Å²) < 4.78 is 13.3. The number of aromatic amines is 1.